The van der Waals surface area contributed by atoms with Crippen LogP contribution in [-0.2, 0) is 6.54 Å². The Morgan fingerprint density at radius 3 is 2.64 bits per heavy atom. The van der Waals surface area contributed by atoms with Gasteiger partial charge in [-0.1, -0.05) is 17.3 Å². The first-order valence-corrected chi connectivity index (χ1v) is 10.7. The van der Waals surface area contributed by atoms with Crippen molar-refractivity contribution < 1.29 is 19.0 Å². The van der Waals surface area contributed by atoms with Crippen molar-refractivity contribution in [3.8, 4) is 11.6 Å². The Morgan fingerprint density at radius 2 is 1.94 bits per heavy atom. The maximum atomic E-state index is 12.9. The Bertz CT molecular complexity index is 1390. The number of benzene rings is 2. The minimum Gasteiger partial charge on any atom is -0.494 e. The number of para-hydroxylation sites is 1. The van der Waals surface area contributed by atoms with Gasteiger partial charge in [0.1, 0.15) is 5.75 Å². The summed E-state index contributed by atoms with van der Waals surface area (Å²) in [6.07, 6.45) is 1.47. The number of amides is 2. The molecular weight excluding hydrogens is 468 g/mol. The van der Waals surface area contributed by atoms with Crippen molar-refractivity contribution in [2.75, 3.05) is 17.7 Å². The van der Waals surface area contributed by atoms with E-state index in [4.69, 9.17) is 16.2 Å². The van der Waals surface area contributed by atoms with Crippen LogP contribution in [0.15, 0.2) is 58.3 Å². The molecule has 0 aliphatic carbocycles. The van der Waals surface area contributed by atoms with Crippen LogP contribution in [0.1, 0.15) is 39.0 Å². The number of anilines is 2. The number of hydrogen-bond acceptors (Lipinski definition) is 11. The summed E-state index contributed by atoms with van der Waals surface area (Å²) in [5.74, 6) is -0.541. The third-order valence-electron chi connectivity index (χ3n) is 4.88. The molecule has 2 aromatic heterocycles. The highest BCUT2D eigenvalue weighted by molar-refractivity contribution is 5.98. The topological polar surface area (TPSA) is 201 Å². The van der Waals surface area contributed by atoms with Crippen LogP contribution in [0.5, 0.6) is 5.75 Å². The summed E-state index contributed by atoms with van der Waals surface area (Å²) in [6.45, 7) is 2.45. The normalized spacial score (nSPS) is 10.9. The molecule has 0 saturated carbocycles. The van der Waals surface area contributed by atoms with E-state index in [1.807, 2.05) is 6.92 Å². The van der Waals surface area contributed by atoms with Crippen LogP contribution in [0.3, 0.4) is 0 Å². The molecule has 36 heavy (non-hydrogen) atoms. The number of hydrazone groups is 1. The highest BCUT2D eigenvalue weighted by Gasteiger charge is 2.24. The molecule has 0 aliphatic heterocycles. The van der Waals surface area contributed by atoms with E-state index in [1.54, 1.807) is 48.5 Å². The number of nitrogen functional groups attached to an aromatic ring is 1. The molecule has 14 heteroatoms. The zero-order valence-electron chi connectivity index (χ0n) is 19.1. The number of carbonyl (C=O) groups excluding carboxylic acids is 2. The van der Waals surface area contributed by atoms with Crippen molar-refractivity contribution in [2.45, 2.75) is 13.5 Å². The van der Waals surface area contributed by atoms with Gasteiger partial charge < -0.3 is 21.5 Å². The summed E-state index contributed by atoms with van der Waals surface area (Å²) >= 11 is 0. The minimum absolute atomic E-state index is 0.00501. The number of carbonyl (C=O) groups is 2. The number of ether oxygens (including phenoxy) is 1. The molecule has 0 bridgehead atoms. The predicted molar refractivity (Wildman–Crippen MR) is 129 cm³/mol. The van der Waals surface area contributed by atoms with Crippen molar-refractivity contribution >= 4 is 29.5 Å². The van der Waals surface area contributed by atoms with E-state index >= 15 is 0 Å². The lowest BCUT2D eigenvalue weighted by Gasteiger charge is -2.11. The first-order chi connectivity index (χ1) is 17.5. The monoisotopic (exact) mass is 490 g/mol. The molecule has 2 amide bonds. The number of primary amides is 1. The van der Waals surface area contributed by atoms with E-state index in [0.717, 1.165) is 11.3 Å². The zero-order chi connectivity index (χ0) is 25.5. The third kappa shape index (κ3) is 5.27. The SMILES string of the molecule is CCOc1ccc(C=NNC(=O)c2nnn(-c3nonc3N)c2CNc2ccccc2C(N)=O)cc1. The van der Waals surface area contributed by atoms with E-state index in [1.165, 1.54) is 10.9 Å². The Balaban J connectivity index is 1.56. The van der Waals surface area contributed by atoms with Gasteiger partial charge in [-0.15, -0.1) is 5.10 Å². The minimum atomic E-state index is -0.640. The van der Waals surface area contributed by atoms with Gasteiger partial charge in [0.2, 0.25) is 11.6 Å². The maximum absolute atomic E-state index is 12.9. The predicted octanol–water partition coefficient (Wildman–Crippen LogP) is 1.11. The molecule has 0 aliphatic rings. The highest BCUT2D eigenvalue weighted by atomic mass is 16.6. The van der Waals surface area contributed by atoms with Gasteiger partial charge in [-0.05, 0) is 59.2 Å². The average molecular weight is 490 g/mol. The van der Waals surface area contributed by atoms with Gasteiger partial charge >= 0.3 is 0 Å². The molecule has 0 atom stereocenters. The molecule has 0 spiro atoms. The molecule has 0 saturated heterocycles. The summed E-state index contributed by atoms with van der Waals surface area (Å²) in [4.78, 5) is 24.7. The molecule has 0 radical (unpaired) electrons. The van der Waals surface area contributed by atoms with Crippen LogP contribution in [0.2, 0.25) is 0 Å². The van der Waals surface area contributed by atoms with Crippen molar-refractivity contribution in [3.63, 3.8) is 0 Å². The van der Waals surface area contributed by atoms with E-state index in [2.05, 4.69) is 41.1 Å². The largest absolute Gasteiger partial charge is 0.494 e. The van der Waals surface area contributed by atoms with Gasteiger partial charge in [-0.25, -0.2) is 10.1 Å². The number of nitrogens with zero attached hydrogens (tertiary/aromatic N) is 6. The fourth-order valence-electron chi connectivity index (χ4n) is 3.21. The summed E-state index contributed by atoms with van der Waals surface area (Å²) < 4.78 is 11.3. The molecular formula is C22H22N10O4. The van der Waals surface area contributed by atoms with Gasteiger partial charge in [0.05, 0.1) is 30.6 Å². The standard InChI is InChI=1S/C22H22N10O4/c1-2-35-14-9-7-13(8-10-14)11-26-28-22(34)18-17(32(31-27-18)21-19(23)29-36-30-21)12-25-16-6-4-3-5-15(16)20(24)33/h3-11,25H,2,12H2,1H3,(H2,23,29)(H2,24,33)(H,28,34). The van der Waals surface area contributed by atoms with Crippen LogP contribution in [0, 0.1) is 0 Å². The quantitative estimate of drug-likeness (QED) is 0.184. The van der Waals surface area contributed by atoms with Gasteiger partial charge in [-0.3, -0.25) is 9.59 Å². The summed E-state index contributed by atoms with van der Waals surface area (Å²) in [5.41, 5.74) is 15.3. The average Bonchev–Trinajstić information content (AvgIpc) is 3.49. The number of rotatable bonds is 10. The smallest absolute Gasteiger partial charge is 0.293 e. The van der Waals surface area contributed by atoms with Crippen molar-refractivity contribution in [2.24, 2.45) is 10.8 Å². The fraction of sp³-hybridized carbons (Fsp3) is 0.136. The Morgan fingerprint density at radius 1 is 1.17 bits per heavy atom. The third-order valence-corrected chi connectivity index (χ3v) is 4.88. The lowest BCUT2D eigenvalue weighted by atomic mass is 10.1. The molecule has 2 heterocycles. The number of nitrogens with one attached hydrogen (secondary N) is 2. The van der Waals surface area contributed by atoms with Crippen LogP contribution in [0.4, 0.5) is 11.5 Å². The zero-order valence-corrected chi connectivity index (χ0v) is 19.1. The molecule has 14 nitrogen and oxygen atoms in total. The molecule has 184 valence electrons. The van der Waals surface area contributed by atoms with E-state index < -0.39 is 11.8 Å². The summed E-state index contributed by atoms with van der Waals surface area (Å²) in [6, 6.07) is 13.8. The van der Waals surface area contributed by atoms with Crippen molar-refractivity contribution in [1.82, 2.24) is 30.7 Å². The highest BCUT2D eigenvalue weighted by Crippen LogP contribution is 2.20. The van der Waals surface area contributed by atoms with Gasteiger partial charge in [0.15, 0.2) is 5.69 Å². The molecule has 2 aromatic carbocycles. The molecule has 6 N–H and O–H groups in total. The van der Waals surface area contributed by atoms with E-state index in [9.17, 15) is 9.59 Å². The Kier molecular flexibility index (Phi) is 7.14. The number of nitrogens with two attached hydrogens (primary N) is 2. The lowest BCUT2D eigenvalue weighted by molar-refractivity contribution is 0.0947. The Hall–Kier alpha value is -5.27. The summed E-state index contributed by atoms with van der Waals surface area (Å²) in [7, 11) is 0. The van der Waals surface area contributed by atoms with Gasteiger partial charge in [-0.2, -0.15) is 9.78 Å². The molecule has 4 aromatic rings. The van der Waals surface area contributed by atoms with Crippen LogP contribution in [0.25, 0.3) is 5.82 Å². The molecule has 0 fully saturated rings. The van der Waals surface area contributed by atoms with Crippen LogP contribution >= 0.6 is 0 Å². The second-order valence-corrected chi connectivity index (χ2v) is 7.23. The summed E-state index contributed by atoms with van der Waals surface area (Å²) in [5, 5.41) is 22.2. The lowest BCUT2D eigenvalue weighted by Crippen LogP contribution is -2.22. The molecule has 4 rings (SSSR count). The first-order valence-electron chi connectivity index (χ1n) is 10.7. The van der Waals surface area contributed by atoms with Gasteiger partial charge in [0, 0.05) is 5.69 Å². The number of hydrogen-bond donors (Lipinski definition) is 4. The molecule has 0 unspecified atom stereocenters. The first kappa shape index (κ1) is 23.9. The van der Waals surface area contributed by atoms with Crippen molar-refractivity contribution in [3.05, 3.63) is 71.0 Å². The van der Waals surface area contributed by atoms with Crippen LogP contribution in [-0.4, -0.2) is 49.9 Å². The second kappa shape index (κ2) is 10.8. The van der Waals surface area contributed by atoms with E-state index in [-0.39, 0.29) is 35.1 Å². The maximum Gasteiger partial charge on any atom is 0.293 e. The van der Waals surface area contributed by atoms with E-state index in [0.29, 0.717) is 12.3 Å². The van der Waals surface area contributed by atoms with Crippen molar-refractivity contribution in [1.29, 1.82) is 0 Å². The second-order valence-electron chi connectivity index (χ2n) is 7.23. The Labute approximate surface area is 204 Å². The van der Waals surface area contributed by atoms with Crippen LogP contribution < -0.4 is 26.9 Å². The van der Waals surface area contributed by atoms with Gasteiger partial charge in [0.25, 0.3) is 11.8 Å². The number of aromatic nitrogens is 5. The fourth-order valence-corrected chi connectivity index (χ4v) is 3.21.